The first kappa shape index (κ1) is 17.2. The van der Waals surface area contributed by atoms with E-state index in [-0.39, 0.29) is 12.2 Å². The maximum atomic E-state index is 12.4. The number of hydrogen-bond acceptors (Lipinski definition) is 4. The predicted molar refractivity (Wildman–Crippen MR) is 94.9 cm³/mol. The third-order valence-electron chi connectivity index (χ3n) is 3.37. The van der Waals surface area contributed by atoms with Gasteiger partial charge in [-0.2, -0.15) is 0 Å². The van der Waals surface area contributed by atoms with Gasteiger partial charge in [0.25, 0.3) is 5.56 Å². The fourth-order valence-corrected chi connectivity index (χ4v) is 2.71. The number of hydrogen-bond donors (Lipinski definition) is 0. The number of carbonyl (C=O) groups excluding carboxylic acids is 1. The molecule has 2 aromatic rings. The molecule has 0 radical (unpaired) electrons. The van der Waals surface area contributed by atoms with Crippen molar-refractivity contribution in [1.29, 1.82) is 0 Å². The summed E-state index contributed by atoms with van der Waals surface area (Å²) in [6.07, 6.45) is 1.77. The Hall–Kier alpha value is -2.16. The summed E-state index contributed by atoms with van der Waals surface area (Å²) in [7, 11) is 2.86. The Balaban J connectivity index is 2.58. The molecule has 1 aromatic carbocycles. The molecule has 0 spiro atoms. The molecule has 0 fully saturated rings. The van der Waals surface area contributed by atoms with Gasteiger partial charge in [0.15, 0.2) is 0 Å². The zero-order valence-corrected chi connectivity index (χ0v) is 14.9. The largest absolute Gasteiger partial charge is 0.415 e. The molecule has 1 aromatic heterocycles. The van der Waals surface area contributed by atoms with Crippen LogP contribution in [0.3, 0.4) is 0 Å². The van der Waals surface area contributed by atoms with Crippen molar-refractivity contribution in [2.45, 2.75) is 6.42 Å². The van der Waals surface area contributed by atoms with Crippen LogP contribution in [0.15, 0.2) is 46.5 Å². The fraction of sp³-hybridized carbons (Fsp3) is 0.188. The summed E-state index contributed by atoms with van der Waals surface area (Å²) in [6, 6.07) is 6.89. The smallest absolute Gasteiger partial charge is 0.344 e. The zero-order chi connectivity index (χ0) is 17.1. The van der Waals surface area contributed by atoms with Crippen molar-refractivity contribution < 1.29 is 9.53 Å². The maximum absolute atomic E-state index is 12.4. The molecule has 0 bridgehead atoms. The topological polar surface area (TPSA) is 70.3 Å². The summed E-state index contributed by atoms with van der Waals surface area (Å²) in [4.78, 5) is 36.7. The average Bonchev–Trinajstić information content (AvgIpc) is 2.54. The van der Waals surface area contributed by atoms with E-state index in [0.29, 0.717) is 14.8 Å². The lowest BCUT2D eigenvalue weighted by Gasteiger charge is -2.14. The van der Waals surface area contributed by atoms with Crippen LogP contribution >= 0.6 is 22.6 Å². The number of rotatable bonds is 4. The van der Waals surface area contributed by atoms with Crippen LogP contribution in [0.1, 0.15) is 16.1 Å². The lowest BCUT2D eigenvalue weighted by molar-refractivity contribution is 0.0727. The number of allylic oxidation sites excluding steroid dienone is 1. The second-order valence-electron chi connectivity index (χ2n) is 4.84. The number of halogens is 1. The van der Waals surface area contributed by atoms with Crippen LogP contribution in [0.25, 0.3) is 0 Å². The Kier molecular flexibility index (Phi) is 5.19. The van der Waals surface area contributed by atoms with Gasteiger partial charge in [0, 0.05) is 24.1 Å². The summed E-state index contributed by atoms with van der Waals surface area (Å²) in [5.74, 6) is -0.796. The molecule has 6 nitrogen and oxygen atoms in total. The molecular formula is C16H15IN2O4. The molecule has 0 aliphatic carbocycles. The van der Waals surface area contributed by atoms with E-state index in [2.05, 4.69) is 6.58 Å². The maximum Gasteiger partial charge on any atom is 0.344 e. The molecule has 0 amide bonds. The molecule has 0 aliphatic rings. The van der Waals surface area contributed by atoms with E-state index in [9.17, 15) is 14.4 Å². The van der Waals surface area contributed by atoms with Gasteiger partial charge in [-0.25, -0.2) is 9.59 Å². The average molecular weight is 426 g/mol. The molecule has 1 heterocycles. The van der Waals surface area contributed by atoms with Crippen LogP contribution in [0.5, 0.6) is 5.75 Å². The number of aromatic nitrogens is 2. The molecule has 0 atom stereocenters. The molecule has 7 heteroatoms. The third kappa shape index (κ3) is 3.29. The Morgan fingerprint density at radius 1 is 1.26 bits per heavy atom. The zero-order valence-electron chi connectivity index (χ0n) is 12.7. The van der Waals surface area contributed by atoms with E-state index in [1.807, 2.05) is 22.6 Å². The number of benzene rings is 1. The van der Waals surface area contributed by atoms with Gasteiger partial charge in [-0.1, -0.05) is 18.2 Å². The number of ether oxygens (including phenoxy) is 1. The summed E-state index contributed by atoms with van der Waals surface area (Å²) >= 11 is 2.02. The van der Waals surface area contributed by atoms with Gasteiger partial charge in [-0.3, -0.25) is 13.9 Å². The quantitative estimate of drug-likeness (QED) is 0.424. The van der Waals surface area contributed by atoms with Crippen LogP contribution in [0.4, 0.5) is 0 Å². The van der Waals surface area contributed by atoms with Crippen LogP contribution < -0.4 is 16.0 Å². The van der Waals surface area contributed by atoms with E-state index in [0.717, 1.165) is 4.57 Å². The van der Waals surface area contributed by atoms with Gasteiger partial charge < -0.3 is 4.74 Å². The first-order valence-corrected chi connectivity index (χ1v) is 7.82. The first-order valence-electron chi connectivity index (χ1n) is 6.75. The van der Waals surface area contributed by atoms with Gasteiger partial charge in [0.05, 0.1) is 11.3 Å². The Bertz CT molecular complexity index is 896. The van der Waals surface area contributed by atoms with Crippen LogP contribution in [0, 0.1) is 3.57 Å². The van der Waals surface area contributed by atoms with Gasteiger partial charge in [0.2, 0.25) is 5.75 Å². The van der Waals surface area contributed by atoms with Gasteiger partial charge in [-0.05, 0) is 34.7 Å². The molecule has 0 N–H and O–H groups in total. The van der Waals surface area contributed by atoms with Crippen molar-refractivity contribution in [2.24, 2.45) is 14.1 Å². The Morgan fingerprint density at radius 2 is 1.91 bits per heavy atom. The van der Waals surface area contributed by atoms with Gasteiger partial charge in [-0.15, -0.1) is 6.58 Å². The van der Waals surface area contributed by atoms with E-state index in [1.54, 1.807) is 24.3 Å². The van der Waals surface area contributed by atoms with Crippen molar-refractivity contribution in [3.05, 3.63) is 72.6 Å². The highest BCUT2D eigenvalue weighted by atomic mass is 127. The van der Waals surface area contributed by atoms with E-state index < -0.39 is 17.2 Å². The molecule has 0 saturated heterocycles. The molecule has 2 rings (SSSR count). The van der Waals surface area contributed by atoms with E-state index >= 15 is 0 Å². The SMILES string of the molecule is C=CCc1c(OC(=O)c2ccccc2I)c(=O)n(C)c(=O)n1C. The van der Waals surface area contributed by atoms with Crippen molar-refractivity contribution in [3.63, 3.8) is 0 Å². The summed E-state index contributed by atoms with van der Waals surface area (Å²) < 4.78 is 8.23. The Labute approximate surface area is 146 Å². The second kappa shape index (κ2) is 6.95. The van der Waals surface area contributed by atoms with Gasteiger partial charge in [0.1, 0.15) is 0 Å². The highest BCUT2D eigenvalue weighted by molar-refractivity contribution is 14.1. The first-order chi connectivity index (χ1) is 10.9. The minimum absolute atomic E-state index is 0.154. The lowest BCUT2D eigenvalue weighted by atomic mass is 10.2. The molecule has 0 saturated carbocycles. The highest BCUT2D eigenvalue weighted by Gasteiger charge is 2.20. The minimum Gasteiger partial charge on any atom is -0.415 e. The third-order valence-corrected chi connectivity index (χ3v) is 4.31. The predicted octanol–water partition coefficient (Wildman–Crippen LogP) is 1.64. The summed E-state index contributed by atoms with van der Waals surface area (Å²) in [5.41, 5.74) is -0.467. The number of nitrogens with zero attached hydrogens (tertiary/aromatic N) is 2. The lowest BCUT2D eigenvalue weighted by Crippen LogP contribution is -2.40. The van der Waals surface area contributed by atoms with Crippen LogP contribution in [0.2, 0.25) is 0 Å². The van der Waals surface area contributed by atoms with Crippen LogP contribution in [-0.2, 0) is 20.5 Å². The standard InChI is InChI=1S/C16H15IN2O4/c1-4-7-12-13(14(20)19(3)16(22)18(12)2)23-15(21)10-8-5-6-9-11(10)17/h4-6,8-9H,1,7H2,2-3H3. The molecule has 23 heavy (non-hydrogen) atoms. The Morgan fingerprint density at radius 3 is 2.52 bits per heavy atom. The molecule has 120 valence electrons. The fourth-order valence-electron chi connectivity index (χ4n) is 2.10. The monoisotopic (exact) mass is 426 g/mol. The second-order valence-corrected chi connectivity index (χ2v) is 6.01. The molecule has 0 unspecified atom stereocenters. The highest BCUT2D eigenvalue weighted by Crippen LogP contribution is 2.17. The molecule has 0 aliphatic heterocycles. The van der Waals surface area contributed by atoms with Gasteiger partial charge >= 0.3 is 11.7 Å². The molecular weight excluding hydrogens is 411 g/mol. The van der Waals surface area contributed by atoms with Crippen molar-refractivity contribution in [1.82, 2.24) is 9.13 Å². The van der Waals surface area contributed by atoms with Crippen molar-refractivity contribution in [3.8, 4) is 5.75 Å². The number of esters is 1. The minimum atomic E-state index is -0.649. The van der Waals surface area contributed by atoms with E-state index in [1.165, 1.54) is 24.7 Å². The normalized spacial score (nSPS) is 10.4. The van der Waals surface area contributed by atoms with E-state index in [4.69, 9.17) is 4.74 Å². The van der Waals surface area contributed by atoms with Crippen molar-refractivity contribution in [2.75, 3.05) is 0 Å². The summed E-state index contributed by atoms with van der Waals surface area (Å²) in [6.45, 7) is 3.61. The van der Waals surface area contributed by atoms with Crippen LogP contribution in [-0.4, -0.2) is 15.1 Å². The summed E-state index contributed by atoms with van der Waals surface area (Å²) in [5, 5.41) is 0. The number of carbonyl (C=O) groups is 1. The van der Waals surface area contributed by atoms with Crippen molar-refractivity contribution >= 4 is 28.6 Å².